The van der Waals surface area contributed by atoms with Crippen LogP contribution in [0.3, 0.4) is 0 Å². The van der Waals surface area contributed by atoms with E-state index in [4.69, 9.17) is 5.11 Å². The fourth-order valence-electron chi connectivity index (χ4n) is 2.83. The summed E-state index contributed by atoms with van der Waals surface area (Å²) in [5.74, 6) is -0.853. The lowest BCUT2D eigenvalue weighted by molar-refractivity contribution is -0.137. The minimum Gasteiger partial charge on any atom is -0.481 e. The molecule has 4 atom stereocenters. The number of aliphatic hydroxyl groups excluding tert-OH is 2. The molecule has 1 rings (SSSR count). The quantitative estimate of drug-likeness (QED) is 0.371. The highest BCUT2D eigenvalue weighted by Gasteiger charge is 2.27. The minimum absolute atomic E-state index is 0.0115. The molecular formula is C20H30O5. The lowest BCUT2D eigenvalue weighted by Crippen LogP contribution is -2.14. The summed E-state index contributed by atoms with van der Waals surface area (Å²) in [6.07, 6.45) is 14.1. The Labute approximate surface area is 149 Å². The second-order valence-electron chi connectivity index (χ2n) is 6.67. The SMILES string of the molecule is C[C@H](O)CCC[C@@H](O)/C=C\[C@@H]1C=CC(=O)[C@H]1C/C=C\CCCC(=O)O. The average Bonchev–Trinajstić information content (AvgIpc) is 2.88. The number of hydrogen-bond donors (Lipinski definition) is 3. The Morgan fingerprint density at radius 1 is 1.24 bits per heavy atom. The molecule has 0 aromatic carbocycles. The molecule has 140 valence electrons. The molecule has 0 amide bonds. The van der Waals surface area contributed by atoms with Crippen molar-refractivity contribution < 1.29 is 24.9 Å². The smallest absolute Gasteiger partial charge is 0.303 e. The Kier molecular flexibility index (Phi) is 10.0. The summed E-state index contributed by atoms with van der Waals surface area (Å²) in [5, 5.41) is 27.7. The van der Waals surface area contributed by atoms with E-state index in [0.717, 1.165) is 6.42 Å². The third-order valence-corrected chi connectivity index (χ3v) is 4.31. The van der Waals surface area contributed by atoms with Crippen molar-refractivity contribution in [3.63, 3.8) is 0 Å². The summed E-state index contributed by atoms with van der Waals surface area (Å²) in [4.78, 5) is 22.4. The predicted molar refractivity (Wildman–Crippen MR) is 97.0 cm³/mol. The van der Waals surface area contributed by atoms with Gasteiger partial charge in [-0.2, -0.15) is 0 Å². The van der Waals surface area contributed by atoms with E-state index in [1.54, 1.807) is 19.1 Å². The number of unbranched alkanes of at least 4 members (excludes halogenated alkanes) is 1. The van der Waals surface area contributed by atoms with E-state index in [9.17, 15) is 19.8 Å². The van der Waals surface area contributed by atoms with Crippen molar-refractivity contribution in [3.05, 3.63) is 36.5 Å². The molecule has 5 heteroatoms. The van der Waals surface area contributed by atoms with Crippen LogP contribution in [0.1, 0.15) is 51.9 Å². The van der Waals surface area contributed by atoms with E-state index in [-0.39, 0.29) is 30.1 Å². The third kappa shape index (κ3) is 9.37. The van der Waals surface area contributed by atoms with Crippen molar-refractivity contribution >= 4 is 11.8 Å². The van der Waals surface area contributed by atoms with Gasteiger partial charge in [0.15, 0.2) is 5.78 Å². The van der Waals surface area contributed by atoms with Gasteiger partial charge >= 0.3 is 5.97 Å². The fourth-order valence-corrected chi connectivity index (χ4v) is 2.83. The molecule has 0 heterocycles. The van der Waals surface area contributed by atoms with Crippen LogP contribution in [0.2, 0.25) is 0 Å². The minimum atomic E-state index is -0.791. The molecular weight excluding hydrogens is 320 g/mol. The van der Waals surface area contributed by atoms with Crippen molar-refractivity contribution in [1.82, 2.24) is 0 Å². The van der Waals surface area contributed by atoms with Crippen LogP contribution in [-0.2, 0) is 9.59 Å². The Morgan fingerprint density at radius 3 is 2.68 bits per heavy atom. The van der Waals surface area contributed by atoms with E-state index < -0.39 is 12.1 Å². The number of carboxylic acid groups (broad SMARTS) is 1. The molecule has 0 bridgehead atoms. The van der Waals surface area contributed by atoms with Crippen LogP contribution in [0.25, 0.3) is 0 Å². The maximum atomic E-state index is 12.0. The summed E-state index contributed by atoms with van der Waals surface area (Å²) < 4.78 is 0. The van der Waals surface area contributed by atoms with Gasteiger partial charge in [-0.1, -0.05) is 30.4 Å². The molecule has 0 unspecified atom stereocenters. The summed E-state index contributed by atoms with van der Waals surface area (Å²) in [6, 6.07) is 0. The number of carbonyl (C=O) groups excluding carboxylic acids is 1. The first-order valence-corrected chi connectivity index (χ1v) is 9.03. The number of carbonyl (C=O) groups is 2. The average molecular weight is 350 g/mol. The molecule has 0 aromatic heterocycles. The molecule has 0 saturated carbocycles. The fraction of sp³-hybridized carbons (Fsp3) is 0.600. The highest BCUT2D eigenvalue weighted by Crippen LogP contribution is 2.27. The van der Waals surface area contributed by atoms with E-state index in [1.807, 2.05) is 24.3 Å². The van der Waals surface area contributed by atoms with Crippen LogP contribution in [0.15, 0.2) is 36.5 Å². The van der Waals surface area contributed by atoms with Crippen molar-refractivity contribution in [2.24, 2.45) is 11.8 Å². The zero-order valence-electron chi connectivity index (χ0n) is 14.9. The van der Waals surface area contributed by atoms with E-state index in [0.29, 0.717) is 32.1 Å². The summed E-state index contributed by atoms with van der Waals surface area (Å²) in [6.45, 7) is 1.73. The van der Waals surface area contributed by atoms with Crippen molar-refractivity contribution in [3.8, 4) is 0 Å². The van der Waals surface area contributed by atoms with Gasteiger partial charge in [0.25, 0.3) is 0 Å². The number of ketones is 1. The third-order valence-electron chi connectivity index (χ3n) is 4.31. The largest absolute Gasteiger partial charge is 0.481 e. The summed E-state index contributed by atoms with van der Waals surface area (Å²) >= 11 is 0. The van der Waals surface area contributed by atoms with Gasteiger partial charge in [0.2, 0.25) is 0 Å². The molecule has 0 aliphatic heterocycles. The monoisotopic (exact) mass is 350 g/mol. The normalized spacial score (nSPS) is 22.9. The van der Waals surface area contributed by atoms with Gasteiger partial charge in [0, 0.05) is 18.3 Å². The maximum absolute atomic E-state index is 12.0. The van der Waals surface area contributed by atoms with Crippen LogP contribution in [0, 0.1) is 11.8 Å². The molecule has 0 aromatic rings. The topological polar surface area (TPSA) is 94.8 Å². The molecule has 3 N–H and O–H groups in total. The Bertz CT molecular complexity index is 504. The van der Waals surface area contributed by atoms with Gasteiger partial charge in [-0.25, -0.2) is 0 Å². The molecule has 0 spiro atoms. The van der Waals surface area contributed by atoms with Crippen LogP contribution in [-0.4, -0.2) is 39.3 Å². The van der Waals surface area contributed by atoms with E-state index in [1.165, 1.54) is 0 Å². The van der Waals surface area contributed by atoms with Gasteiger partial charge in [-0.15, -0.1) is 0 Å². The summed E-state index contributed by atoms with van der Waals surface area (Å²) in [7, 11) is 0. The standard InChI is InChI=1S/C20H30O5/c1-15(21)7-6-8-17(22)13-11-16-12-14-19(23)18(16)9-4-2-3-5-10-20(24)25/h2,4,11-18,21-22H,3,5-10H2,1H3,(H,24,25)/b4-2-,13-11-/t15-,16+,17+,18-/m0/s1. The van der Waals surface area contributed by atoms with E-state index in [2.05, 4.69) is 0 Å². The number of aliphatic hydroxyl groups is 2. The zero-order chi connectivity index (χ0) is 18.7. The first-order valence-electron chi connectivity index (χ1n) is 9.03. The van der Waals surface area contributed by atoms with Gasteiger partial charge in [0.1, 0.15) is 0 Å². The van der Waals surface area contributed by atoms with Gasteiger partial charge in [-0.05, 0) is 51.5 Å². The van der Waals surface area contributed by atoms with Crippen molar-refractivity contribution in [2.45, 2.75) is 64.1 Å². The number of hydrogen-bond acceptors (Lipinski definition) is 4. The van der Waals surface area contributed by atoms with Crippen LogP contribution < -0.4 is 0 Å². The Morgan fingerprint density at radius 2 is 2.00 bits per heavy atom. The first kappa shape index (κ1) is 21.3. The Hall–Kier alpha value is -1.72. The van der Waals surface area contributed by atoms with Gasteiger partial charge < -0.3 is 15.3 Å². The maximum Gasteiger partial charge on any atom is 0.303 e. The molecule has 1 aliphatic carbocycles. The molecule has 5 nitrogen and oxygen atoms in total. The first-order chi connectivity index (χ1) is 11.9. The lowest BCUT2D eigenvalue weighted by Gasteiger charge is -2.13. The Balaban J connectivity index is 2.38. The zero-order valence-corrected chi connectivity index (χ0v) is 14.9. The second kappa shape index (κ2) is 11.8. The number of carboxylic acids is 1. The number of allylic oxidation sites excluding steroid dienone is 5. The highest BCUT2D eigenvalue weighted by molar-refractivity contribution is 5.95. The highest BCUT2D eigenvalue weighted by atomic mass is 16.4. The molecule has 0 saturated heterocycles. The van der Waals surface area contributed by atoms with E-state index >= 15 is 0 Å². The van der Waals surface area contributed by atoms with Gasteiger partial charge in [0.05, 0.1) is 12.2 Å². The molecule has 25 heavy (non-hydrogen) atoms. The lowest BCUT2D eigenvalue weighted by atomic mass is 9.90. The van der Waals surface area contributed by atoms with Gasteiger partial charge in [-0.3, -0.25) is 9.59 Å². The summed E-state index contributed by atoms with van der Waals surface area (Å²) in [5.41, 5.74) is 0. The predicted octanol–water partition coefficient (Wildman–Crippen LogP) is 3.03. The van der Waals surface area contributed by atoms with Crippen LogP contribution in [0.5, 0.6) is 0 Å². The number of rotatable bonds is 12. The van der Waals surface area contributed by atoms with Crippen molar-refractivity contribution in [1.29, 1.82) is 0 Å². The molecule has 0 fully saturated rings. The van der Waals surface area contributed by atoms with Crippen molar-refractivity contribution in [2.75, 3.05) is 0 Å². The van der Waals surface area contributed by atoms with Crippen LogP contribution in [0.4, 0.5) is 0 Å². The second-order valence-corrected chi connectivity index (χ2v) is 6.67. The number of aliphatic carboxylic acids is 1. The van der Waals surface area contributed by atoms with Crippen LogP contribution >= 0.6 is 0 Å². The molecule has 0 radical (unpaired) electrons. The molecule has 1 aliphatic rings.